The lowest BCUT2D eigenvalue weighted by Gasteiger charge is -2.07. The van der Waals surface area contributed by atoms with Gasteiger partial charge in [-0.3, -0.25) is 4.79 Å². The first kappa shape index (κ1) is 14.6. The van der Waals surface area contributed by atoms with Crippen LogP contribution in [-0.4, -0.2) is 5.78 Å². The van der Waals surface area contributed by atoms with E-state index in [2.05, 4.69) is 0 Å². The summed E-state index contributed by atoms with van der Waals surface area (Å²) in [4.78, 5) is 12.0. The van der Waals surface area contributed by atoms with E-state index < -0.39 is 35.2 Å². The normalized spacial score (nSPS) is 10.7. The third-order valence-electron chi connectivity index (χ3n) is 2.95. The summed E-state index contributed by atoms with van der Waals surface area (Å²) in [7, 11) is 0. The van der Waals surface area contributed by atoms with E-state index >= 15 is 0 Å². The highest BCUT2D eigenvalue weighted by atomic mass is 35.5. The van der Waals surface area contributed by atoms with E-state index in [1.54, 1.807) is 0 Å². The third-order valence-corrected chi connectivity index (χ3v) is 3.30. The number of hydrogen-bond donors (Lipinski definition) is 0. The monoisotopic (exact) mass is 298 g/mol. The van der Waals surface area contributed by atoms with E-state index in [9.17, 15) is 18.0 Å². The molecule has 0 radical (unpaired) electrons. The molecular formula is C15H10ClF3O. The Bertz CT molecular complexity index is 663. The number of benzene rings is 2. The van der Waals surface area contributed by atoms with Gasteiger partial charge >= 0.3 is 0 Å². The van der Waals surface area contributed by atoms with Crippen LogP contribution >= 0.6 is 11.6 Å². The smallest absolute Gasteiger partial charge is 0.170 e. The number of carbonyl (C=O) groups excluding carboxylic acids is 1. The summed E-state index contributed by atoms with van der Waals surface area (Å²) in [5, 5.41) is 0.0753. The van der Waals surface area contributed by atoms with E-state index in [0.717, 1.165) is 18.2 Å². The first-order chi connectivity index (χ1) is 9.40. The van der Waals surface area contributed by atoms with Crippen LogP contribution in [-0.2, 0) is 6.42 Å². The van der Waals surface area contributed by atoms with Crippen molar-refractivity contribution in [1.29, 1.82) is 0 Å². The lowest BCUT2D eigenvalue weighted by Crippen LogP contribution is -2.09. The van der Waals surface area contributed by atoms with Crippen LogP contribution in [0.3, 0.4) is 0 Å². The molecular weight excluding hydrogens is 289 g/mol. The Morgan fingerprint density at radius 3 is 2.45 bits per heavy atom. The Hall–Kier alpha value is -1.81. The maximum Gasteiger partial charge on any atom is 0.170 e. The SMILES string of the molecule is Cc1cc(F)c(C(=O)Cc2c(F)cccc2Cl)cc1F. The van der Waals surface area contributed by atoms with Gasteiger partial charge < -0.3 is 0 Å². The Morgan fingerprint density at radius 2 is 1.80 bits per heavy atom. The van der Waals surface area contributed by atoms with Crippen molar-refractivity contribution >= 4 is 17.4 Å². The van der Waals surface area contributed by atoms with Crippen LogP contribution in [0, 0.1) is 24.4 Å². The molecule has 0 fully saturated rings. The van der Waals surface area contributed by atoms with Gasteiger partial charge in [0.15, 0.2) is 5.78 Å². The van der Waals surface area contributed by atoms with Crippen molar-refractivity contribution in [1.82, 2.24) is 0 Å². The zero-order valence-electron chi connectivity index (χ0n) is 10.5. The molecule has 0 atom stereocenters. The maximum atomic E-state index is 13.7. The van der Waals surface area contributed by atoms with Crippen LogP contribution in [0.2, 0.25) is 5.02 Å². The molecule has 0 aromatic heterocycles. The molecule has 0 aliphatic heterocycles. The Labute approximate surface area is 119 Å². The summed E-state index contributed by atoms with van der Waals surface area (Å²) >= 11 is 5.80. The second kappa shape index (κ2) is 5.67. The van der Waals surface area contributed by atoms with Crippen molar-refractivity contribution in [2.24, 2.45) is 0 Å². The average Bonchev–Trinajstić information content (AvgIpc) is 2.38. The standard InChI is InChI=1S/C15H10ClF3O/c1-8-5-14(19)10(6-13(8)18)15(20)7-9-11(16)3-2-4-12(9)17/h2-6H,7H2,1H3. The Morgan fingerprint density at radius 1 is 1.10 bits per heavy atom. The first-order valence-corrected chi connectivity index (χ1v) is 6.19. The minimum absolute atomic E-state index is 0.0282. The lowest BCUT2D eigenvalue weighted by atomic mass is 10.0. The minimum Gasteiger partial charge on any atom is -0.294 e. The molecule has 104 valence electrons. The van der Waals surface area contributed by atoms with Crippen molar-refractivity contribution in [3.05, 3.63) is 69.5 Å². The van der Waals surface area contributed by atoms with Gasteiger partial charge in [-0.15, -0.1) is 0 Å². The fraction of sp³-hybridized carbons (Fsp3) is 0.133. The number of hydrogen-bond acceptors (Lipinski definition) is 1. The van der Waals surface area contributed by atoms with Gasteiger partial charge in [0.1, 0.15) is 17.5 Å². The largest absolute Gasteiger partial charge is 0.294 e. The van der Waals surface area contributed by atoms with E-state index in [1.165, 1.54) is 19.1 Å². The van der Waals surface area contributed by atoms with E-state index in [4.69, 9.17) is 11.6 Å². The number of aryl methyl sites for hydroxylation is 1. The molecule has 0 heterocycles. The van der Waals surface area contributed by atoms with Gasteiger partial charge in [0.2, 0.25) is 0 Å². The predicted octanol–water partition coefficient (Wildman–Crippen LogP) is 4.49. The van der Waals surface area contributed by atoms with Gasteiger partial charge in [0.05, 0.1) is 5.56 Å². The summed E-state index contributed by atoms with van der Waals surface area (Å²) in [6.45, 7) is 1.39. The highest BCUT2D eigenvalue weighted by Crippen LogP contribution is 2.22. The zero-order valence-corrected chi connectivity index (χ0v) is 11.3. The van der Waals surface area contributed by atoms with Gasteiger partial charge in [0.25, 0.3) is 0 Å². The number of carbonyl (C=O) groups is 1. The molecule has 0 amide bonds. The van der Waals surface area contributed by atoms with Crippen LogP contribution in [0.25, 0.3) is 0 Å². The lowest BCUT2D eigenvalue weighted by molar-refractivity contribution is 0.0987. The van der Waals surface area contributed by atoms with Crippen LogP contribution in [0.1, 0.15) is 21.5 Å². The summed E-state index contributed by atoms with van der Waals surface area (Å²) in [5.41, 5.74) is -0.338. The minimum atomic E-state index is -0.832. The summed E-state index contributed by atoms with van der Waals surface area (Å²) in [5.74, 6) is -2.90. The fourth-order valence-corrected chi connectivity index (χ4v) is 2.05. The van der Waals surface area contributed by atoms with Crippen molar-refractivity contribution in [2.45, 2.75) is 13.3 Å². The zero-order chi connectivity index (χ0) is 14.9. The summed E-state index contributed by atoms with van der Waals surface area (Å²) in [6, 6.07) is 5.74. The van der Waals surface area contributed by atoms with Crippen LogP contribution in [0.4, 0.5) is 13.2 Å². The molecule has 20 heavy (non-hydrogen) atoms. The molecule has 0 saturated carbocycles. The van der Waals surface area contributed by atoms with Crippen molar-refractivity contribution < 1.29 is 18.0 Å². The molecule has 2 aromatic carbocycles. The highest BCUT2D eigenvalue weighted by Gasteiger charge is 2.18. The summed E-state index contributed by atoms with van der Waals surface area (Å²) < 4.78 is 40.6. The molecule has 1 nitrogen and oxygen atoms in total. The number of halogens is 4. The average molecular weight is 299 g/mol. The first-order valence-electron chi connectivity index (χ1n) is 5.82. The van der Waals surface area contributed by atoms with Gasteiger partial charge in [0, 0.05) is 17.0 Å². The van der Waals surface area contributed by atoms with Gasteiger partial charge in [-0.25, -0.2) is 13.2 Å². The molecule has 2 rings (SSSR count). The molecule has 5 heteroatoms. The quantitative estimate of drug-likeness (QED) is 0.763. The summed E-state index contributed by atoms with van der Waals surface area (Å²) in [6.07, 6.45) is -0.426. The Balaban J connectivity index is 2.36. The molecule has 0 unspecified atom stereocenters. The van der Waals surface area contributed by atoms with Gasteiger partial charge in [-0.05, 0) is 36.8 Å². The van der Waals surface area contributed by atoms with E-state index in [1.807, 2.05) is 0 Å². The van der Waals surface area contributed by atoms with Crippen molar-refractivity contribution in [3.63, 3.8) is 0 Å². The fourth-order valence-electron chi connectivity index (χ4n) is 1.82. The number of ketones is 1. The maximum absolute atomic E-state index is 13.7. The molecule has 0 bridgehead atoms. The van der Waals surface area contributed by atoms with Crippen molar-refractivity contribution in [2.75, 3.05) is 0 Å². The van der Waals surface area contributed by atoms with Gasteiger partial charge in [-0.2, -0.15) is 0 Å². The third kappa shape index (κ3) is 2.85. The second-order valence-electron chi connectivity index (χ2n) is 4.38. The van der Waals surface area contributed by atoms with Gasteiger partial charge in [-0.1, -0.05) is 17.7 Å². The molecule has 0 N–H and O–H groups in total. The predicted molar refractivity (Wildman–Crippen MR) is 70.5 cm³/mol. The van der Waals surface area contributed by atoms with Crippen molar-refractivity contribution in [3.8, 4) is 0 Å². The highest BCUT2D eigenvalue weighted by molar-refractivity contribution is 6.31. The number of Topliss-reactive ketones (excluding diaryl/α,β-unsaturated/α-hetero) is 1. The van der Waals surface area contributed by atoms with Crippen LogP contribution < -0.4 is 0 Å². The topological polar surface area (TPSA) is 17.1 Å². The molecule has 0 aliphatic carbocycles. The Kier molecular flexibility index (Phi) is 4.14. The van der Waals surface area contributed by atoms with Crippen LogP contribution in [0.15, 0.2) is 30.3 Å². The second-order valence-corrected chi connectivity index (χ2v) is 4.79. The molecule has 0 aliphatic rings. The van der Waals surface area contributed by atoms with E-state index in [0.29, 0.717) is 0 Å². The number of rotatable bonds is 3. The molecule has 2 aromatic rings. The van der Waals surface area contributed by atoms with Crippen LogP contribution in [0.5, 0.6) is 0 Å². The van der Waals surface area contributed by atoms with E-state index in [-0.39, 0.29) is 16.1 Å². The molecule has 0 spiro atoms. The molecule has 0 saturated heterocycles.